The second-order valence-corrected chi connectivity index (χ2v) is 6.14. The first-order valence-electron chi connectivity index (χ1n) is 7.13. The molecule has 5 heteroatoms. The van der Waals surface area contributed by atoms with Crippen molar-refractivity contribution in [2.24, 2.45) is 0 Å². The summed E-state index contributed by atoms with van der Waals surface area (Å²) >= 11 is 1.48. The highest BCUT2D eigenvalue weighted by molar-refractivity contribution is 8.00. The predicted molar refractivity (Wildman–Crippen MR) is 85.5 cm³/mol. The van der Waals surface area contributed by atoms with Crippen LogP contribution in [-0.4, -0.2) is 17.8 Å². The topological polar surface area (TPSA) is 38.3 Å². The van der Waals surface area contributed by atoms with Crippen LogP contribution in [0.1, 0.15) is 18.5 Å². The molecule has 3 nitrogen and oxygen atoms in total. The molecule has 0 radical (unpaired) electrons. The number of carbonyl (C=O) groups excluding carboxylic acids is 1. The Morgan fingerprint density at radius 3 is 2.68 bits per heavy atom. The van der Waals surface area contributed by atoms with E-state index < -0.39 is 5.25 Å². The molecule has 1 heterocycles. The van der Waals surface area contributed by atoms with Gasteiger partial charge in [0.05, 0.1) is 12.6 Å². The maximum absolute atomic E-state index is 13.2. The molecule has 2 aromatic carbocycles. The highest BCUT2D eigenvalue weighted by atomic mass is 32.2. The first-order valence-corrected chi connectivity index (χ1v) is 8.01. The lowest BCUT2D eigenvalue weighted by Gasteiger charge is -2.33. The van der Waals surface area contributed by atoms with Crippen LogP contribution < -0.4 is 5.32 Å². The second-order valence-electron chi connectivity index (χ2n) is 4.96. The Kier molecular flexibility index (Phi) is 4.34. The van der Waals surface area contributed by atoms with E-state index in [1.54, 1.807) is 19.1 Å². The molecule has 114 valence electrons. The number of rotatable bonds is 3. The number of hydrogen-bond donors (Lipinski definition) is 1. The number of nitrogens with one attached hydrogen (secondary N) is 1. The molecule has 22 heavy (non-hydrogen) atoms. The molecule has 1 aliphatic heterocycles. The summed E-state index contributed by atoms with van der Waals surface area (Å²) in [5.41, 5.74) is 1.84. The number of thioether (sulfide) groups is 1. The second kappa shape index (κ2) is 6.40. The van der Waals surface area contributed by atoms with E-state index in [4.69, 9.17) is 4.74 Å². The summed E-state index contributed by atoms with van der Waals surface area (Å²) in [6.45, 7) is 2.13. The number of hydrogen-bond acceptors (Lipinski definition) is 4. The molecule has 0 bridgehead atoms. The Labute approximate surface area is 132 Å². The zero-order chi connectivity index (χ0) is 15.5. The Bertz CT molecular complexity index is 675. The maximum Gasteiger partial charge on any atom is 0.321 e. The fourth-order valence-corrected chi connectivity index (χ4v) is 3.68. The van der Waals surface area contributed by atoms with Crippen LogP contribution in [0.3, 0.4) is 0 Å². The SMILES string of the molecule is CCOC(=O)[C@H]1Sc2ccccc2N[C@H]1c1ccc(F)cc1. The third-order valence-electron chi connectivity index (χ3n) is 3.50. The van der Waals surface area contributed by atoms with Gasteiger partial charge in [-0.05, 0) is 36.8 Å². The molecule has 0 saturated carbocycles. The summed E-state index contributed by atoms with van der Waals surface area (Å²) in [6.07, 6.45) is 0. The van der Waals surface area contributed by atoms with E-state index in [0.717, 1.165) is 16.1 Å². The Balaban J connectivity index is 1.96. The summed E-state index contributed by atoms with van der Waals surface area (Å²) < 4.78 is 18.4. The molecule has 0 amide bonds. The zero-order valence-corrected chi connectivity index (χ0v) is 12.9. The maximum atomic E-state index is 13.2. The number of para-hydroxylation sites is 1. The van der Waals surface area contributed by atoms with E-state index in [1.165, 1.54) is 23.9 Å². The van der Waals surface area contributed by atoms with E-state index >= 15 is 0 Å². The Hall–Kier alpha value is -2.01. The number of anilines is 1. The zero-order valence-electron chi connectivity index (χ0n) is 12.1. The number of fused-ring (bicyclic) bond motifs is 1. The Morgan fingerprint density at radius 1 is 1.23 bits per heavy atom. The van der Waals surface area contributed by atoms with Crippen molar-refractivity contribution in [3.8, 4) is 0 Å². The van der Waals surface area contributed by atoms with Gasteiger partial charge in [0.1, 0.15) is 11.1 Å². The van der Waals surface area contributed by atoms with E-state index in [1.807, 2.05) is 24.3 Å². The predicted octanol–water partition coefficient (Wildman–Crippen LogP) is 4.02. The molecule has 0 fully saturated rings. The van der Waals surface area contributed by atoms with Gasteiger partial charge >= 0.3 is 5.97 Å². The summed E-state index contributed by atoms with van der Waals surface area (Å²) in [6, 6.07) is 13.8. The van der Waals surface area contributed by atoms with Crippen molar-refractivity contribution in [1.29, 1.82) is 0 Å². The first-order chi connectivity index (χ1) is 10.7. The van der Waals surface area contributed by atoms with Crippen LogP contribution in [0.25, 0.3) is 0 Å². The van der Waals surface area contributed by atoms with E-state index in [0.29, 0.717) is 6.61 Å². The lowest BCUT2D eigenvalue weighted by atomic mass is 10.0. The summed E-state index contributed by atoms with van der Waals surface area (Å²) in [5.74, 6) is -0.552. The first kappa shape index (κ1) is 14.9. The molecule has 2 atom stereocenters. The van der Waals surface area contributed by atoms with Gasteiger partial charge in [0, 0.05) is 10.6 Å². The van der Waals surface area contributed by atoms with Gasteiger partial charge in [0.25, 0.3) is 0 Å². The van der Waals surface area contributed by atoms with Gasteiger partial charge in [-0.15, -0.1) is 11.8 Å². The molecule has 0 aromatic heterocycles. The van der Waals surface area contributed by atoms with Gasteiger partial charge in [0.2, 0.25) is 0 Å². The lowest BCUT2D eigenvalue weighted by Crippen LogP contribution is -2.34. The van der Waals surface area contributed by atoms with Gasteiger partial charge in [-0.2, -0.15) is 0 Å². The average molecular weight is 317 g/mol. The van der Waals surface area contributed by atoms with Crippen molar-refractivity contribution in [3.05, 3.63) is 59.9 Å². The summed E-state index contributed by atoms with van der Waals surface area (Å²) in [7, 11) is 0. The molecule has 1 N–H and O–H groups in total. The summed E-state index contributed by atoms with van der Waals surface area (Å²) in [4.78, 5) is 13.3. The van der Waals surface area contributed by atoms with E-state index in [-0.39, 0.29) is 17.8 Å². The molecule has 3 rings (SSSR count). The van der Waals surface area contributed by atoms with Gasteiger partial charge in [-0.1, -0.05) is 24.3 Å². The highest BCUT2D eigenvalue weighted by Crippen LogP contribution is 2.43. The van der Waals surface area contributed by atoms with Gasteiger partial charge in [-0.3, -0.25) is 4.79 Å². The van der Waals surface area contributed by atoms with Gasteiger partial charge < -0.3 is 10.1 Å². The van der Waals surface area contributed by atoms with Crippen LogP contribution in [0.5, 0.6) is 0 Å². The molecule has 0 saturated heterocycles. The van der Waals surface area contributed by atoms with Crippen LogP contribution in [0.2, 0.25) is 0 Å². The van der Waals surface area contributed by atoms with Gasteiger partial charge in [-0.25, -0.2) is 4.39 Å². The largest absolute Gasteiger partial charge is 0.465 e. The average Bonchev–Trinajstić information content (AvgIpc) is 2.54. The van der Waals surface area contributed by atoms with Crippen LogP contribution in [0.4, 0.5) is 10.1 Å². The molecule has 1 aliphatic rings. The quantitative estimate of drug-likeness (QED) is 0.868. The molecule has 2 aromatic rings. The highest BCUT2D eigenvalue weighted by Gasteiger charge is 2.36. The van der Waals surface area contributed by atoms with E-state index in [2.05, 4.69) is 5.32 Å². The normalized spacial score (nSPS) is 19.9. The summed E-state index contributed by atoms with van der Waals surface area (Å²) in [5, 5.41) is 2.98. The van der Waals surface area contributed by atoms with Crippen molar-refractivity contribution in [2.45, 2.75) is 23.1 Å². The molecular weight excluding hydrogens is 301 g/mol. The fraction of sp³-hybridized carbons (Fsp3) is 0.235. The van der Waals surface area contributed by atoms with Crippen LogP contribution in [0, 0.1) is 5.82 Å². The van der Waals surface area contributed by atoms with Gasteiger partial charge in [0.15, 0.2) is 0 Å². The smallest absolute Gasteiger partial charge is 0.321 e. The monoisotopic (exact) mass is 317 g/mol. The fourth-order valence-electron chi connectivity index (χ4n) is 2.47. The molecular formula is C17H16FNO2S. The minimum absolute atomic E-state index is 0.250. The van der Waals surface area contributed by atoms with Crippen molar-refractivity contribution < 1.29 is 13.9 Å². The third kappa shape index (κ3) is 2.95. The van der Waals surface area contributed by atoms with Crippen LogP contribution in [-0.2, 0) is 9.53 Å². The van der Waals surface area contributed by atoms with E-state index in [9.17, 15) is 9.18 Å². The lowest BCUT2D eigenvalue weighted by molar-refractivity contribution is -0.142. The third-order valence-corrected chi connectivity index (χ3v) is 4.83. The van der Waals surface area contributed by atoms with Crippen LogP contribution >= 0.6 is 11.8 Å². The Morgan fingerprint density at radius 2 is 1.95 bits per heavy atom. The number of benzene rings is 2. The minimum atomic E-state index is -0.402. The van der Waals surface area contributed by atoms with Crippen molar-refractivity contribution in [1.82, 2.24) is 0 Å². The van der Waals surface area contributed by atoms with Crippen LogP contribution in [0.15, 0.2) is 53.4 Å². The van der Waals surface area contributed by atoms with Crippen molar-refractivity contribution >= 4 is 23.4 Å². The minimum Gasteiger partial charge on any atom is -0.465 e. The number of carbonyl (C=O) groups is 1. The van der Waals surface area contributed by atoms with Crippen molar-refractivity contribution in [3.63, 3.8) is 0 Å². The number of esters is 1. The number of halogens is 1. The number of ether oxygens (including phenoxy) is 1. The molecule has 0 unspecified atom stereocenters. The van der Waals surface area contributed by atoms with Crippen molar-refractivity contribution in [2.75, 3.05) is 11.9 Å². The standard InChI is InChI=1S/C17H16FNO2S/c1-2-21-17(20)16-15(11-7-9-12(18)10-8-11)19-13-5-3-4-6-14(13)22-16/h3-10,15-16,19H,2H2,1H3/t15-,16-/m0/s1. The molecule has 0 aliphatic carbocycles. The molecule has 0 spiro atoms.